The summed E-state index contributed by atoms with van der Waals surface area (Å²) in [6, 6.07) is 0. The lowest BCUT2D eigenvalue weighted by Gasteiger charge is -2.19. The zero-order chi connectivity index (χ0) is 12.8. The first-order chi connectivity index (χ1) is 7.26. The van der Waals surface area contributed by atoms with Gasteiger partial charge in [-0.05, 0) is 32.1 Å². The highest BCUT2D eigenvalue weighted by Gasteiger charge is 2.18. The van der Waals surface area contributed by atoms with Gasteiger partial charge in [0.05, 0.1) is 12.5 Å². The lowest BCUT2D eigenvalue weighted by molar-refractivity contribution is -0.150. The van der Waals surface area contributed by atoms with Crippen LogP contribution >= 0.6 is 0 Å². The summed E-state index contributed by atoms with van der Waals surface area (Å²) in [6.07, 6.45) is 3.94. The van der Waals surface area contributed by atoms with Crippen LogP contribution in [0.15, 0.2) is 11.6 Å². The summed E-state index contributed by atoms with van der Waals surface area (Å²) in [5.74, 6) is -0.0731. The first-order valence-electron chi connectivity index (χ1n) is 6.04. The van der Waals surface area contributed by atoms with Gasteiger partial charge in [-0.25, -0.2) is 0 Å². The van der Waals surface area contributed by atoms with Crippen LogP contribution in [0, 0.1) is 11.3 Å². The van der Waals surface area contributed by atoms with Crippen molar-refractivity contribution in [3.63, 3.8) is 0 Å². The number of esters is 1. The van der Waals surface area contributed by atoms with Crippen LogP contribution in [0.5, 0.6) is 0 Å². The second-order valence-electron chi connectivity index (χ2n) is 5.74. The summed E-state index contributed by atoms with van der Waals surface area (Å²) in [7, 11) is 0. The molecule has 0 saturated heterocycles. The summed E-state index contributed by atoms with van der Waals surface area (Å²) in [4.78, 5) is 11.6. The Kier molecular flexibility index (Phi) is 6.39. The summed E-state index contributed by atoms with van der Waals surface area (Å²) < 4.78 is 5.28. The third-order valence-electron chi connectivity index (χ3n) is 2.51. The molecule has 0 amide bonds. The molecule has 0 saturated carbocycles. The number of carbonyl (C=O) groups excluding carboxylic acids is 1. The maximum absolute atomic E-state index is 11.6. The van der Waals surface area contributed by atoms with E-state index in [0.717, 1.165) is 12.8 Å². The average molecular weight is 226 g/mol. The number of hydrogen-bond donors (Lipinski definition) is 0. The smallest absolute Gasteiger partial charge is 0.308 e. The molecule has 0 radical (unpaired) electrons. The maximum atomic E-state index is 11.6. The standard InChI is InChI=1S/C14H26O2/c1-7-11(2)8-9-12(3)13(15)16-10-14(4,5)6/h7,12H,8-10H2,1-6H3. The fraction of sp³-hybridized carbons (Fsp3) is 0.786. The number of allylic oxidation sites excluding steroid dienone is 2. The monoisotopic (exact) mass is 226 g/mol. The van der Waals surface area contributed by atoms with E-state index in [1.807, 2.05) is 13.8 Å². The Morgan fingerprint density at radius 1 is 1.38 bits per heavy atom. The van der Waals surface area contributed by atoms with Crippen LogP contribution in [-0.2, 0) is 9.53 Å². The zero-order valence-electron chi connectivity index (χ0n) is 11.6. The third kappa shape index (κ3) is 7.49. The van der Waals surface area contributed by atoms with Gasteiger partial charge in [0.1, 0.15) is 0 Å². The molecule has 94 valence electrons. The molecule has 0 fully saturated rings. The summed E-state index contributed by atoms with van der Waals surface area (Å²) in [6.45, 7) is 12.7. The van der Waals surface area contributed by atoms with E-state index in [-0.39, 0.29) is 17.3 Å². The Morgan fingerprint density at radius 2 is 1.94 bits per heavy atom. The molecule has 0 N–H and O–H groups in total. The second-order valence-corrected chi connectivity index (χ2v) is 5.74. The Bertz CT molecular complexity index is 246. The lowest BCUT2D eigenvalue weighted by Crippen LogP contribution is -2.22. The summed E-state index contributed by atoms with van der Waals surface area (Å²) in [5.41, 5.74) is 1.38. The van der Waals surface area contributed by atoms with E-state index in [9.17, 15) is 4.79 Å². The second kappa shape index (κ2) is 6.72. The molecule has 0 spiro atoms. The molecule has 0 rings (SSSR count). The SMILES string of the molecule is CC=C(C)CCC(C)C(=O)OCC(C)(C)C. The number of ether oxygens (including phenoxy) is 1. The van der Waals surface area contributed by atoms with Crippen molar-refractivity contribution in [2.45, 2.75) is 54.4 Å². The van der Waals surface area contributed by atoms with Crippen molar-refractivity contribution in [2.75, 3.05) is 6.61 Å². The normalized spacial score (nSPS) is 14.8. The van der Waals surface area contributed by atoms with Crippen LogP contribution in [-0.4, -0.2) is 12.6 Å². The minimum Gasteiger partial charge on any atom is -0.465 e. The van der Waals surface area contributed by atoms with Gasteiger partial charge >= 0.3 is 5.97 Å². The van der Waals surface area contributed by atoms with Crippen molar-refractivity contribution in [3.05, 3.63) is 11.6 Å². The molecule has 0 bridgehead atoms. The minimum atomic E-state index is -0.0705. The van der Waals surface area contributed by atoms with Gasteiger partial charge < -0.3 is 4.74 Å². The molecular formula is C14H26O2. The lowest BCUT2D eigenvalue weighted by atomic mass is 9.98. The quantitative estimate of drug-likeness (QED) is 0.524. The van der Waals surface area contributed by atoms with E-state index in [0.29, 0.717) is 6.61 Å². The minimum absolute atomic E-state index is 0.00255. The summed E-state index contributed by atoms with van der Waals surface area (Å²) >= 11 is 0. The predicted molar refractivity (Wildman–Crippen MR) is 68.2 cm³/mol. The number of carbonyl (C=O) groups is 1. The Hall–Kier alpha value is -0.790. The van der Waals surface area contributed by atoms with Gasteiger partial charge in [-0.1, -0.05) is 39.3 Å². The van der Waals surface area contributed by atoms with Gasteiger partial charge in [0.25, 0.3) is 0 Å². The molecule has 0 heterocycles. The molecule has 1 unspecified atom stereocenters. The summed E-state index contributed by atoms with van der Waals surface area (Å²) in [5, 5.41) is 0. The first kappa shape index (κ1) is 15.2. The van der Waals surface area contributed by atoms with Gasteiger partial charge in [0.2, 0.25) is 0 Å². The van der Waals surface area contributed by atoms with Gasteiger partial charge in [-0.15, -0.1) is 0 Å². The molecule has 2 nitrogen and oxygen atoms in total. The first-order valence-corrected chi connectivity index (χ1v) is 6.04. The molecule has 0 aromatic carbocycles. The highest BCUT2D eigenvalue weighted by Crippen LogP contribution is 2.17. The van der Waals surface area contributed by atoms with E-state index in [4.69, 9.17) is 4.74 Å². The van der Waals surface area contributed by atoms with Crippen molar-refractivity contribution < 1.29 is 9.53 Å². The Balaban J connectivity index is 3.91. The van der Waals surface area contributed by atoms with Crippen molar-refractivity contribution in [1.82, 2.24) is 0 Å². The Labute approximate surface area is 100 Å². The van der Waals surface area contributed by atoms with Gasteiger partial charge in [0.15, 0.2) is 0 Å². The van der Waals surface area contributed by atoms with Crippen molar-refractivity contribution in [2.24, 2.45) is 11.3 Å². The third-order valence-corrected chi connectivity index (χ3v) is 2.51. The fourth-order valence-corrected chi connectivity index (χ4v) is 1.14. The van der Waals surface area contributed by atoms with E-state index < -0.39 is 0 Å². The van der Waals surface area contributed by atoms with Crippen molar-refractivity contribution >= 4 is 5.97 Å². The van der Waals surface area contributed by atoms with Crippen LogP contribution in [0.1, 0.15) is 54.4 Å². The van der Waals surface area contributed by atoms with Crippen molar-refractivity contribution in [1.29, 1.82) is 0 Å². The molecule has 1 atom stereocenters. The molecule has 0 aromatic rings. The van der Waals surface area contributed by atoms with Crippen LogP contribution in [0.2, 0.25) is 0 Å². The molecule has 16 heavy (non-hydrogen) atoms. The van der Waals surface area contributed by atoms with Gasteiger partial charge in [-0.3, -0.25) is 4.79 Å². The van der Waals surface area contributed by atoms with Crippen LogP contribution in [0.25, 0.3) is 0 Å². The molecule has 0 aliphatic carbocycles. The number of rotatable bonds is 5. The predicted octanol–water partition coefficient (Wildman–Crippen LogP) is 3.96. The van der Waals surface area contributed by atoms with E-state index in [1.54, 1.807) is 0 Å². The maximum Gasteiger partial charge on any atom is 0.308 e. The van der Waals surface area contributed by atoms with Gasteiger partial charge in [0, 0.05) is 0 Å². The van der Waals surface area contributed by atoms with Crippen LogP contribution < -0.4 is 0 Å². The van der Waals surface area contributed by atoms with E-state index >= 15 is 0 Å². The van der Waals surface area contributed by atoms with Gasteiger partial charge in [-0.2, -0.15) is 0 Å². The molecule has 0 aliphatic heterocycles. The van der Waals surface area contributed by atoms with E-state index in [2.05, 4.69) is 33.8 Å². The highest BCUT2D eigenvalue weighted by molar-refractivity contribution is 5.71. The van der Waals surface area contributed by atoms with Crippen LogP contribution in [0.4, 0.5) is 0 Å². The molecule has 0 aliphatic rings. The highest BCUT2D eigenvalue weighted by atomic mass is 16.5. The number of hydrogen-bond acceptors (Lipinski definition) is 2. The largest absolute Gasteiger partial charge is 0.465 e. The topological polar surface area (TPSA) is 26.3 Å². The van der Waals surface area contributed by atoms with E-state index in [1.165, 1.54) is 5.57 Å². The Morgan fingerprint density at radius 3 is 2.38 bits per heavy atom. The zero-order valence-corrected chi connectivity index (χ0v) is 11.6. The molecular weight excluding hydrogens is 200 g/mol. The molecule has 2 heteroatoms. The van der Waals surface area contributed by atoms with Crippen LogP contribution in [0.3, 0.4) is 0 Å². The molecule has 0 aromatic heterocycles. The average Bonchev–Trinajstić information content (AvgIpc) is 2.20. The fourth-order valence-electron chi connectivity index (χ4n) is 1.14. The van der Waals surface area contributed by atoms with Crippen molar-refractivity contribution in [3.8, 4) is 0 Å².